The zero-order valence-corrected chi connectivity index (χ0v) is 16.3. The molecule has 2 aromatic heterocycles. The number of nitrogens with two attached hydrogens (primary N) is 1. The summed E-state index contributed by atoms with van der Waals surface area (Å²) in [5.74, 6) is 1.26. The average Bonchev–Trinajstić information content (AvgIpc) is 3.28. The first-order valence-corrected chi connectivity index (χ1v) is 10.9. The number of ether oxygens (including phenoxy) is 1. The van der Waals surface area contributed by atoms with Crippen LogP contribution in [0.25, 0.3) is 22.2 Å². The quantitative estimate of drug-likeness (QED) is 0.681. The van der Waals surface area contributed by atoms with E-state index in [0.717, 1.165) is 16.5 Å². The Bertz CT molecular complexity index is 1130. The van der Waals surface area contributed by atoms with Crippen LogP contribution in [0.3, 0.4) is 0 Å². The molecule has 0 bridgehead atoms. The lowest BCUT2D eigenvalue weighted by Gasteiger charge is -2.21. The number of aromatic amines is 1. The maximum atomic E-state index is 12.0. The molecule has 4 rings (SSSR count). The van der Waals surface area contributed by atoms with E-state index in [2.05, 4.69) is 4.98 Å². The molecule has 1 aliphatic heterocycles. The summed E-state index contributed by atoms with van der Waals surface area (Å²) >= 11 is 0. The molecule has 0 unspecified atom stereocenters. The minimum absolute atomic E-state index is 0.119. The van der Waals surface area contributed by atoms with Crippen LogP contribution in [0.15, 0.2) is 34.9 Å². The second kappa shape index (κ2) is 7.10. The normalized spacial score (nSPS) is 17.2. The number of benzene rings is 1. The van der Waals surface area contributed by atoms with Crippen LogP contribution in [0.5, 0.6) is 0 Å². The molecule has 1 fully saturated rings. The van der Waals surface area contributed by atoms with Crippen molar-refractivity contribution < 1.29 is 22.4 Å². The minimum Gasteiger partial charge on any atom is -0.459 e. The summed E-state index contributed by atoms with van der Waals surface area (Å²) in [6.45, 7) is 0.358. The third-order valence-electron chi connectivity index (χ3n) is 5.31. The summed E-state index contributed by atoms with van der Waals surface area (Å²) in [4.78, 5) is 15.2. The van der Waals surface area contributed by atoms with Crippen LogP contribution in [0, 0.1) is 0 Å². The molecule has 0 aliphatic carbocycles. The number of hydrogen-bond donors (Lipinski definition) is 2. The number of primary amides is 1. The second-order valence-corrected chi connectivity index (χ2v) is 9.48. The molecule has 1 aromatic carbocycles. The molecule has 3 aromatic rings. The van der Waals surface area contributed by atoms with Gasteiger partial charge in [-0.3, -0.25) is 4.79 Å². The molecular formula is C20H22N2O5S. The fraction of sp³-hybridized carbons (Fsp3) is 0.350. The maximum Gasteiger partial charge on any atom is 0.250 e. The van der Waals surface area contributed by atoms with Crippen molar-refractivity contribution in [2.75, 3.05) is 18.6 Å². The van der Waals surface area contributed by atoms with Crippen molar-refractivity contribution in [1.29, 1.82) is 0 Å². The Morgan fingerprint density at radius 3 is 2.71 bits per heavy atom. The minimum atomic E-state index is -2.95. The number of sulfone groups is 1. The number of amides is 1. The zero-order valence-electron chi connectivity index (χ0n) is 15.5. The smallest absolute Gasteiger partial charge is 0.250 e. The van der Waals surface area contributed by atoms with Gasteiger partial charge in [-0.1, -0.05) is 0 Å². The van der Waals surface area contributed by atoms with Gasteiger partial charge < -0.3 is 19.9 Å². The number of H-pyrrole nitrogens is 1. The standard InChI is InChI=1S/C20H22N2O5S/c1-26-11-14-2-3-18(27-14)13-8-15-17(12-4-6-28(24,25)7-5-12)10-22-19(15)16(9-13)20(21)23/h2-3,8-10,12,22H,4-7,11H2,1H3,(H2,21,23). The molecule has 0 atom stereocenters. The summed E-state index contributed by atoms with van der Waals surface area (Å²) < 4.78 is 34.5. The number of aromatic nitrogens is 1. The molecule has 28 heavy (non-hydrogen) atoms. The monoisotopic (exact) mass is 402 g/mol. The lowest BCUT2D eigenvalue weighted by atomic mass is 9.91. The van der Waals surface area contributed by atoms with Crippen molar-refractivity contribution in [3.8, 4) is 11.3 Å². The van der Waals surface area contributed by atoms with E-state index in [9.17, 15) is 13.2 Å². The SMILES string of the molecule is COCc1ccc(-c2cc(C(N)=O)c3[nH]cc(C4CCS(=O)(=O)CC4)c3c2)o1. The third kappa shape index (κ3) is 3.45. The van der Waals surface area contributed by atoms with Gasteiger partial charge in [0.25, 0.3) is 5.91 Å². The molecule has 0 radical (unpaired) electrons. The molecule has 0 saturated carbocycles. The molecule has 1 saturated heterocycles. The van der Waals surface area contributed by atoms with Gasteiger partial charge in [-0.25, -0.2) is 8.42 Å². The predicted molar refractivity (Wildman–Crippen MR) is 106 cm³/mol. The van der Waals surface area contributed by atoms with Crippen LogP contribution in [-0.4, -0.2) is 37.9 Å². The van der Waals surface area contributed by atoms with E-state index in [-0.39, 0.29) is 17.4 Å². The molecule has 1 amide bonds. The first-order valence-electron chi connectivity index (χ1n) is 9.11. The van der Waals surface area contributed by atoms with Gasteiger partial charge >= 0.3 is 0 Å². The highest BCUT2D eigenvalue weighted by atomic mass is 32.2. The number of methoxy groups -OCH3 is 1. The molecule has 1 aliphatic rings. The van der Waals surface area contributed by atoms with E-state index in [1.165, 1.54) is 0 Å². The summed E-state index contributed by atoms with van der Waals surface area (Å²) in [6, 6.07) is 7.34. The van der Waals surface area contributed by atoms with Gasteiger partial charge in [-0.15, -0.1) is 0 Å². The third-order valence-corrected chi connectivity index (χ3v) is 7.03. The molecule has 7 nitrogen and oxygen atoms in total. The molecule has 3 heterocycles. The van der Waals surface area contributed by atoms with Crippen molar-refractivity contribution in [2.24, 2.45) is 5.73 Å². The van der Waals surface area contributed by atoms with Gasteiger partial charge in [0.15, 0.2) is 0 Å². The van der Waals surface area contributed by atoms with E-state index < -0.39 is 15.7 Å². The number of furan rings is 1. The van der Waals surface area contributed by atoms with E-state index >= 15 is 0 Å². The van der Waals surface area contributed by atoms with E-state index in [0.29, 0.717) is 42.0 Å². The molecule has 3 N–H and O–H groups in total. The summed E-state index contributed by atoms with van der Waals surface area (Å²) in [5, 5.41) is 0.875. The van der Waals surface area contributed by atoms with Crippen molar-refractivity contribution in [3.63, 3.8) is 0 Å². The first-order chi connectivity index (χ1) is 13.4. The Kier molecular flexibility index (Phi) is 4.76. The van der Waals surface area contributed by atoms with Crippen molar-refractivity contribution in [3.05, 3.63) is 47.3 Å². The largest absolute Gasteiger partial charge is 0.459 e. The Morgan fingerprint density at radius 1 is 1.29 bits per heavy atom. The van der Waals surface area contributed by atoms with Gasteiger partial charge in [0, 0.05) is 24.3 Å². The molecule has 0 spiro atoms. The van der Waals surface area contributed by atoms with Crippen LogP contribution in [0.2, 0.25) is 0 Å². The highest BCUT2D eigenvalue weighted by Crippen LogP contribution is 2.37. The second-order valence-electron chi connectivity index (χ2n) is 7.18. The van der Waals surface area contributed by atoms with Gasteiger partial charge in [0.1, 0.15) is 28.0 Å². The zero-order chi connectivity index (χ0) is 19.9. The Labute approximate surface area is 162 Å². The van der Waals surface area contributed by atoms with Gasteiger partial charge in [0.05, 0.1) is 22.6 Å². The van der Waals surface area contributed by atoms with Crippen LogP contribution >= 0.6 is 0 Å². The molecular weight excluding hydrogens is 380 g/mol. The predicted octanol–water partition coefficient (Wildman–Crippen LogP) is 2.97. The Morgan fingerprint density at radius 2 is 2.04 bits per heavy atom. The lowest BCUT2D eigenvalue weighted by Crippen LogP contribution is -2.22. The number of nitrogens with one attached hydrogen (secondary N) is 1. The van der Waals surface area contributed by atoms with Crippen LogP contribution < -0.4 is 5.73 Å². The number of fused-ring (bicyclic) bond motifs is 1. The Hall–Kier alpha value is -2.58. The highest BCUT2D eigenvalue weighted by molar-refractivity contribution is 7.91. The van der Waals surface area contributed by atoms with Crippen LogP contribution in [0.1, 0.15) is 40.4 Å². The van der Waals surface area contributed by atoms with Crippen LogP contribution in [0.4, 0.5) is 0 Å². The highest BCUT2D eigenvalue weighted by Gasteiger charge is 2.27. The fourth-order valence-electron chi connectivity index (χ4n) is 3.88. The van der Waals surface area contributed by atoms with E-state index in [1.54, 1.807) is 13.2 Å². The van der Waals surface area contributed by atoms with E-state index in [4.69, 9.17) is 14.9 Å². The summed E-state index contributed by atoms with van der Waals surface area (Å²) in [6.07, 6.45) is 3.01. The number of carbonyl (C=O) groups is 1. The number of hydrogen-bond acceptors (Lipinski definition) is 5. The van der Waals surface area contributed by atoms with Gasteiger partial charge in [-0.2, -0.15) is 0 Å². The van der Waals surface area contributed by atoms with Crippen molar-refractivity contribution in [2.45, 2.75) is 25.4 Å². The maximum absolute atomic E-state index is 12.0. The van der Waals surface area contributed by atoms with Gasteiger partial charge in [0.2, 0.25) is 0 Å². The number of carbonyl (C=O) groups excluding carboxylic acids is 1. The molecule has 148 valence electrons. The van der Waals surface area contributed by atoms with Gasteiger partial charge in [-0.05, 0) is 48.6 Å². The Balaban J connectivity index is 1.80. The van der Waals surface area contributed by atoms with Crippen molar-refractivity contribution in [1.82, 2.24) is 4.98 Å². The lowest BCUT2D eigenvalue weighted by molar-refractivity contribution is 0.100. The fourth-order valence-corrected chi connectivity index (χ4v) is 5.37. The van der Waals surface area contributed by atoms with Crippen molar-refractivity contribution >= 4 is 26.6 Å². The van der Waals surface area contributed by atoms with E-state index in [1.807, 2.05) is 24.4 Å². The number of rotatable bonds is 5. The first kappa shape index (κ1) is 18.8. The summed E-state index contributed by atoms with van der Waals surface area (Å²) in [7, 11) is -1.35. The summed E-state index contributed by atoms with van der Waals surface area (Å²) in [5.41, 5.74) is 8.42. The topological polar surface area (TPSA) is 115 Å². The molecule has 8 heteroatoms. The van der Waals surface area contributed by atoms with Crippen LogP contribution in [-0.2, 0) is 21.2 Å². The average molecular weight is 402 g/mol.